The highest BCUT2D eigenvalue weighted by Gasteiger charge is 2.26. The maximum atomic E-state index is 14.1. The number of amides is 4. The number of carboxylic acid groups (broad SMARTS) is 1. The molecule has 12 heteroatoms. The highest BCUT2D eigenvalue weighted by molar-refractivity contribution is 5.97. The SMILES string of the molecule is CC(C)(C)OC(=O)N[C@@H](CCCNC(N)=O)C(=O)Nc1c(F)cc(C(=O)O)cc1F. The lowest BCUT2D eigenvalue weighted by atomic mass is 10.1. The van der Waals surface area contributed by atoms with E-state index in [1.165, 1.54) is 0 Å². The number of ether oxygens (including phenoxy) is 1. The molecule has 0 fully saturated rings. The second-order valence-electron chi connectivity index (χ2n) is 7.24. The third-order valence-electron chi connectivity index (χ3n) is 3.51. The molecule has 0 spiro atoms. The Morgan fingerprint density at radius 1 is 1.17 bits per heavy atom. The van der Waals surface area contributed by atoms with Crippen LogP contribution in [0.5, 0.6) is 0 Å². The topological polar surface area (TPSA) is 160 Å². The van der Waals surface area contributed by atoms with Gasteiger partial charge in [-0.15, -0.1) is 0 Å². The number of alkyl carbamates (subject to hydrolysis) is 1. The quantitative estimate of drug-likeness (QED) is 0.396. The van der Waals surface area contributed by atoms with Crippen LogP contribution in [-0.4, -0.2) is 47.3 Å². The first-order valence-electron chi connectivity index (χ1n) is 8.86. The van der Waals surface area contributed by atoms with E-state index < -0.39 is 58.5 Å². The van der Waals surface area contributed by atoms with E-state index in [1.807, 2.05) is 5.32 Å². The number of carboxylic acids is 1. The highest BCUT2D eigenvalue weighted by Crippen LogP contribution is 2.21. The lowest BCUT2D eigenvalue weighted by molar-refractivity contribution is -0.118. The van der Waals surface area contributed by atoms with Crippen molar-refractivity contribution in [3.05, 3.63) is 29.3 Å². The maximum Gasteiger partial charge on any atom is 0.408 e. The second-order valence-corrected chi connectivity index (χ2v) is 7.24. The van der Waals surface area contributed by atoms with Gasteiger partial charge in [-0.3, -0.25) is 4.79 Å². The third-order valence-corrected chi connectivity index (χ3v) is 3.51. The van der Waals surface area contributed by atoms with E-state index in [4.69, 9.17) is 15.6 Å². The summed E-state index contributed by atoms with van der Waals surface area (Å²) >= 11 is 0. The zero-order chi connectivity index (χ0) is 23.1. The Morgan fingerprint density at radius 2 is 1.73 bits per heavy atom. The Kier molecular flexibility index (Phi) is 8.50. The van der Waals surface area contributed by atoms with Crippen molar-refractivity contribution in [3.63, 3.8) is 0 Å². The van der Waals surface area contributed by atoms with Crippen LogP contribution in [0, 0.1) is 11.6 Å². The zero-order valence-corrected chi connectivity index (χ0v) is 16.7. The van der Waals surface area contributed by atoms with E-state index in [1.54, 1.807) is 20.8 Å². The number of halogens is 2. The van der Waals surface area contributed by atoms with Gasteiger partial charge in [-0.1, -0.05) is 0 Å². The number of urea groups is 1. The smallest absolute Gasteiger partial charge is 0.408 e. The van der Waals surface area contributed by atoms with Crippen LogP contribution in [0.4, 0.5) is 24.1 Å². The van der Waals surface area contributed by atoms with Gasteiger partial charge in [-0.05, 0) is 45.7 Å². The number of hydrogen-bond donors (Lipinski definition) is 5. The first-order chi connectivity index (χ1) is 13.8. The molecule has 0 bridgehead atoms. The van der Waals surface area contributed by atoms with Gasteiger partial charge < -0.3 is 31.5 Å². The number of hydrogen-bond acceptors (Lipinski definition) is 5. The Hall–Kier alpha value is -3.44. The largest absolute Gasteiger partial charge is 0.478 e. The van der Waals surface area contributed by atoms with Crippen LogP contribution >= 0.6 is 0 Å². The Labute approximate surface area is 171 Å². The van der Waals surface area contributed by atoms with Crippen molar-refractivity contribution >= 4 is 29.7 Å². The van der Waals surface area contributed by atoms with Gasteiger partial charge in [0.05, 0.1) is 5.56 Å². The molecule has 0 aliphatic rings. The van der Waals surface area contributed by atoms with Gasteiger partial charge in [-0.2, -0.15) is 0 Å². The summed E-state index contributed by atoms with van der Waals surface area (Å²) in [7, 11) is 0. The molecule has 10 nitrogen and oxygen atoms in total. The van der Waals surface area contributed by atoms with E-state index in [0.717, 1.165) is 0 Å². The molecule has 0 aliphatic heterocycles. The molecule has 4 amide bonds. The highest BCUT2D eigenvalue weighted by atomic mass is 19.1. The molecule has 0 radical (unpaired) electrons. The number of nitrogens with two attached hydrogens (primary N) is 1. The first-order valence-corrected chi connectivity index (χ1v) is 8.86. The summed E-state index contributed by atoms with van der Waals surface area (Å²) in [6.07, 6.45) is -0.769. The summed E-state index contributed by atoms with van der Waals surface area (Å²) < 4.78 is 33.2. The number of anilines is 1. The van der Waals surface area contributed by atoms with Crippen molar-refractivity contribution in [2.24, 2.45) is 5.73 Å². The Bertz CT molecular complexity index is 802. The van der Waals surface area contributed by atoms with Crippen molar-refractivity contribution in [2.45, 2.75) is 45.3 Å². The first kappa shape index (κ1) is 24.6. The molecule has 0 saturated carbocycles. The molecule has 1 aromatic rings. The van der Waals surface area contributed by atoms with Crippen molar-refractivity contribution < 1.29 is 37.8 Å². The molecule has 30 heavy (non-hydrogen) atoms. The van der Waals surface area contributed by atoms with Gasteiger partial charge in [0, 0.05) is 6.54 Å². The number of carbonyl (C=O) groups excluding carboxylic acids is 3. The minimum atomic E-state index is -1.54. The summed E-state index contributed by atoms with van der Waals surface area (Å²) in [5.41, 5.74) is 2.59. The average molecular weight is 430 g/mol. The van der Waals surface area contributed by atoms with Crippen LogP contribution in [0.2, 0.25) is 0 Å². The molecule has 0 aliphatic carbocycles. The molecular formula is C18H24F2N4O6. The van der Waals surface area contributed by atoms with Gasteiger partial charge in [0.25, 0.3) is 0 Å². The van der Waals surface area contributed by atoms with Crippen molar-refractivity contribution in [1.82, 2.24) is 10.6 Å². The number of rotatable bonds is 8. The maximum absolute atomic E-state index is 14.1. The van der Waals surface area contributed by atoms with E-state index in [9.17, 15) is 28.0 Å². The fourth-order valence-corrected chi connectivity index (χ4v) is 2.26. The predicted octanol–water partition coefficient (Wildman–Crippen LogP) is 1.94. The molecule has 0 saturated heterocycles. The second kappa shape index (κ2) is 10.4. The standard InChI is InChI=1S/C18H24F2N4O6/c1-18(2,3)30-17(29)23-12(5-4-6-22-16(21)28)14(25)24-13-10(19)7-9(15(26)27)8-11(13)20/h7-8,12H,4-6H2,1-3H3,(H,23,29)(H,24,25)(H,26,27)(H3,21,22,28)/t12-/m0/s1. The third kappa shape index (κ3) is 8.29. The number of benzene rings is 1. The average Bonchev–Trinajstić information content (AvgIpc) is 2.58. The van der Waals surface area contributed by atoms with Crippen molar-refractivity contribution in [1.29, 1.82) is 0 Å². The molecule has 166 valence electrons. The van der Waals surface area contributed by atoms with E-state index in [-0.39, 0.29) is 19.4 Å². The zero-order valence-electron chi connectivity index (χ0n) is 16.7. The molecule has 0 unspecified atom stereocenters. The van der Waals surface area contributed by atoms with Crippen LogP contribution in [0.1, 0.15) is 44.0 Å². The van der Waals surface area contributed by atoms with Crippen LogP contribution < -0.4 is 21.7 Å². The number of aromatic carboxylic acids is 1. The predicted molar refractivity (Wildman–Crippen MR) is 102 cm³/mol. The summed E-state index contributed by atoms with van der Waals surface area (Å²) in [5, 5.41) is 15.4. The van der Waals surface area contributed by atoms with Crippen LogP contribution in [0.3, 0.4) is 0 Å². The molecule has 1 atom stereocenters. The van der Waals surface area contributed by atoms with E-state index >= 15 is 0 Å². The fourth-order valence-electron chi connectivity index (χ4n) is 2.26. The molecular weight excluding hydrogens is 406 g/mol. The summed E-state index contributed by atoms with van der Waals surface area (Å²) in [4.78, 5) is 46.1. The van der Waals surface area contributed by atoms with Crippen LogP contribution in [0.15, 0.2) is 12.1 Å². The normalized spacial score (nSPS) is 11.9. The molecule has 1 aromatic carbocycles. The van der Waals surface area contributed by atoms with E-state index in [2.05, 4.69) is 10.6 Å². The van der Waals surface area contributed by atoms with Gasteiger partial charge in [0.2, 0.25) is 5.91 Å². The lowest BCUT2D eigenvalue weighted by Crippen LogP contribution is -2.46. The number of primary amides is 1. The van der Waals surface area contributed by atoms with Crippen molar-refractivity contribution in [2.75, 3.05) is 11.9 Å². The molecule has 6 N–H and O–H groups in total. The Balaban J connectivity index is 2.96. The van der Waals surface area contributed by atoms with Crippen molar-refractivity contribution in [3.8, 4) is 0 Å². The van der Waals surface area contributed by atoms with Crippen LogP contribution in [-0.2, 0) is 9.53 Å². The summed E-state index contributed by atoms with van der Waals surface area (Å²) in [6, 6.07) is -0.950. The van der Waals surface area contributed by atoms with E-state index in [0.29, 0.717) is 12.1 Å². The molecule has 1 rings (SSSR count). The monoisotopic (exact) mass is 430 g/mol. The number of carbonyl (C=O) groups is 4. The van der Waals surface area contributed by atoms with Gasteiger partial charge in [0.15, 0.2) is 11.6 Å². The van der Waals surface area contributed by atoms with Gasteiger partial charge in [0.1, 0.15) is 17.3 Å². The summed E-state index contributed by atoms with van der Waals surface area (Å²) in [5.74, 6) is -5.11. The molecule has 0 heterocycles. The Morgan fingerprint density at radius 3 is 2.20 bits per heavy atom. The number of nitrogens with one attached hydrogen (secondary N) is 3. The molecule has 0 aromatic heterocycles. The van der Waals surface area contributed by atoms with Gasteiger partial charge >= 0.3 is 18.1 Å². The lowest BCUT2D eigenvalue weighted by Gasteiger charge is -2.23. The summed E-state index contributed by atoms with van der Waals surface area (Å²) in [6.45, 7) is 4.90. The fraction of sp³-hybridized carbons (Fsp3) is 0.444. The minimum Gasteiger partial charge on any atom is -0.478 e. The van der Waals surface area contributed by atoms with Crippen LogP contribution in [0.25, 0.3) is 0 Å². The van der Waals surface area contributed by atoms with Gasteiger partial charge in [-0.25, -0.2) is 23.2 Å². The minimum absolute atomic E-state index is 0.0260.